The van der Waals surface area contributed by atoms with Gasteiger partial charge in [0.15, 0.2) is 13.2 Å². The van der Waals surface area contributed by atoms with Crippen LogP contribution in [-0.4, -0.2) is 198 Å². The molecule has 3 aromatic rings. The number of nitriles is 2. The first-order chi connectivity index (χ1) is 36.2. The van der Waals surface area contributed by atoms with Gasteiger partial charge in [-0.15, -0.1) is 24.0 Å². The molecule has 3 amide bonds. The van der Waals surface area contributed by atoms with Crippen molar-refractivity contribution in [2.75, 3.05) is 158 Å². The summed E-state index contributed by atoms with van der Waals surface area (Å²) in [6.45, 7) is 8.43. The number of carboxylic acid groups (broad SMARTS) is 1. The maximum atomic E-state index is 11.5. The van der Waals surface area contributed by atoms with E-state index in [9.17, 15) is 19.2 Å². The number of amides is 3. The quantitative estimate of drug-likeness (QED) is 0.0146. The topological polar surface area (TPSA) is 361 Å². The Morgan fingerprint density at radius 2 is 0.882 bits per heavy atom. The number of nitrogens with two attached hydrogens (primary N) is 2. The van der Waals surface area contributed by atoms with Gasteiger partial charge in [0.05, 0.1) is 108 Å². The average molecular weight is 1320 g/mol. The van der Waals surface area contributed by atoms with Gasteiger partial charge >= 0.3 is 5.97 Å². The first-order valence-electron chi connectivity index (χ1n) is 22.7. The summed E-state index contributed by atoms with van der Waals surface area (Å²) in [5.41, 5.74) is 12.2. The van der Waals surface area contributed by atoms with E-state index in [1.165, 1.54) is 12.1 Å². The molecule has 0 radical (unpaired) electrons. The Hall–Kier alpha value is -5.28. The highest BCUT2D eigenvalue weighted by molar-refractivity contribution is 14.0. The van der Waals surface area contributed by atoms with Crippen LogP contribution in [0.1, 0.15) is 16.7 Å². The van der Waals surface area contributed by atoms with E-state index in [0.717, 1.165) is 0 Å². The van der Waals surface area contributed by atoms with Crippen LogP contribution in [0.3, 0.4) is 0 Å². The summed E-state index contributed by atoms with van der Waals surface area (Å²) in [5, 5.41) is 49.0. The molecular formula is C49H75Br2IN8O16. The fraction of sp³-hybridized carbons (Fsp3) is 0.490. The Balaban J connectivity index is -0.000000434. The van der Waals surface area contributed by atoms with Gasteiger partial charge in [-0.1, -0.05) is 31.9 Å². The minimum absolute atomic E-state index is 0. The van der Waals surface area contributed by atoms with Crippen molar-refractivity contribution in [3.05, 3.63) is 89.5 Å². The summed E-state index contributed by atoms with van der Waals surface area (Å²) in [4.78, 5) is 43.0. The highest BCUT2D eigenvalue weighted by Gasteiger charge is 2.05. The summed E-state index contributed by atoms with van der Waals surface area (Å²) in [6.07, 6.45) is 0. The summed E-state index contributed by atoms with van der Waals surface area (Å²) < 4.78 is 50.2. The highest BCUT2D eigenvalue weighted by Crippen LogP contribution is 2.12. The summed E-state index contributed by atoms with van der Waals surface area (Å²) in [6, 6.07) is 23.3. The number of hydrogen-bond acceptors (Lipinski definition) is 19. The smallest absolute Gasteiger partial charge is 0.314 e. The maximum Gasteiger partial charge on any atom is 0.314 e. The van der Waals surface area contributed by atoms with Crippen LogP contribution in [0.15, 0.2) is 72.8 Å². The SMILES string of the molecule is COCCOCCN.COCCOCCNC(=O)CBr.COCCOCCNC(=O)COc1ccc(C#N)cc1.COCCOCCNC(=O)COc1ccc(C(=N)N)cc1.I.N#Cc1ccc(O)cc1.O=C(O)CBr. The van der Waals surface area contributed by atoms with Crippen LogP contribution < -0.4 is 36.9 Å². The van der Waals surface area contributed by atoms with E-state index in [1.54, 1.807) is 89.1 Å². The number of halogens is 3. The molecule has 3 aromatic carbocycles. The van der Waals surface area contributed by atoms with E-state index < -0.39 is 5.97 Å². The number of carbonyl (C=O) groups is 4. The number of amidine groups is 1. The van der Waals surface area contributed by atoms with Crippen molar-refractivity contribution in [3.8, 4) is 29.4 Å². The number of carbonyl (C=O) groups excluding carboxylic acids is 3. The maximum absolute atomic E-state index is 11.5. The standard InChI is InChI=1S/C14H21N3O4.C14H18N2O4.C7H14BrNO3.C7H5NO.C5H13NO2.C2H3BrO2.HI/c1-19-8-9-20-7-6-17-13(18)10-21-12-4-2-11(3-5-12)14(15)16;1-18-8-9-19-7-6-16-14(17)11-20-13-4-2-12(10-15)3-5-13;1-11-4-5-12-3-2-9-7(10)6-8;8-5-6-1-3-7(9)4-2-6;1-7-4-5-8-3-2-6;3-1-2(4)5;/h2-5H,6-10H2,1H3,(H3,15,16)(H,17,18);2-5H,6-9,11H2,1H3,(H,16,17);2-6H2,1H3,(H,9,10);1-4,9H;2-6H2,1H3;1H2,(H,4,5);1H. The number of phenolic OH excluding ortho intramolecular Hbond substituents is 1. The molecule has 0 heterocycles. The van der Waals surface area contributed by atoms with Crippen LogP contribution in [0, 0.1) is 28.1 Å². The number of aliphatic carboxylic acids is 1. The number of hydrogen-bond donors (Lipinski definition) is 8. The van der Waals surface area contributed by atoms with Crippen molar-refractivity contribution < 1.29 is 76.8 Å². The number of carboxylic acids is 1. The van der Waals surface area contributed by atoms with E-state index in [4.69, 9.17) is 85.0 Å². The van der Waals surface area contributed by atoms with Gasteiger partial charge < -0.3 is 85.0 Å². The van der Waals surface area contributed by atoms with Gasteiger partial charge in [0.1, 0.15) is 28.4 Å². The summed E-state index contributed by atoms with van der Waals surface area (Å²) in [5.74, 6) is -0.00946. The molecule has 0 saturated carbocycles. The van der Waals surface area contributed by atoms with E-state index in [1.807, 2.05) is 12.1 Å². The molecule has 27 heteroatoms. The lowest BCUT2D eigenvalue weighted by molar-refractivity contribution is -0.134. The highest BCUT2D eigenvalue weighted by atomic mass is 127. The Labute approximate surface area is 479 Å². The third kappa shape index (κ3) is 55.0. The molecule has 24 nitrogen and oxygen atoms in total. The third-order valence-corrected chi connectivity index (χ3v) is 8.80. The molecule has 0 unspecified atom stereocenters. The molecule has 3 rings (SSSR count). The molecule has 428 valence electrons. The molecule has 76 heavy (non-hydrogen) atoms. The number of benzene rings is 3. The summed E-state index contributed by atoms with van der Waals surface area (Å²) in [7, 11) is 6.47. The number of aromatic hydroxyl groups is 1. The number of phenols is 1. The minimum atomic E-state index is -0.829. The predicted molar refractivity (Wildman–Crippen MR) is 302 cm³/mol. The van der Waals surface area contributed by atoms with Crippen LogP contribution in [0.25, 0.3) is 0 Å². The number of nitrogens with one attached hydrogen (secondary N) is 4. The number of nitrogens with zero attached hydrogens (tertiary/aromatic N) is 2. The zero-order valence-electron chi connectivity index (χ0n) is 43.4. The molecular weight excluding hydrogens is 1240 g/mol. The Kier molecular flexibility index (Phi) is 59.9. The van der Waals surface area contributed by atoms with Crippen molar-refractivity contribution in [1.29, 1.82) is 15.9 Å². The molecule has 0 bridgehead atoms. The fourth-order valence-electron chi connectivity index (χ4n) is 4.19. The fourth-order valence-corrected chi connectivity index (χ4v) is 4.39. The number of alkyl halides is 2. The molecule has 0 aliphatic carbocycles. The largest absolute Gasteiger partial charge is 0.508 e. The zero-order chi connectivity index (χ0) is 56.6. The number of ether oxygens (including phenoxy) is 10. The van der Waals surface area contributed by atoms with Gasteiger partial charge in [-0.3, -0.25) is 24.6 Å². The van der Waals surface area contributed by atoms with Gasteiger partial charge in [-0.25, -0.2) is 0 Å². The molecule has 0 aromatic heterocycles. The lowest BCUT2D eigenvalue weighted by atomic mass is 10.2. The van der Waals surface area contributed by atoms with Gasteiger partial charge in [-0.2, -0.15) is 10.5 Å². The monoisotopic (exact) mass is 1320 g/mol. The second-order valence-electron chi connectivity index (χ2n) is 13.7. The molecule has 0 atom stereocenters. The van der Waals surface area contributed by atoms with Crippen LogP contribution >= 0.6 is 55.8 Å². The average Bonchev–Trinajstić information content (AvgIpc) is 3.42. The predicted octanol–water partition coefficient (Wildman–Crippen LogP) is 2.96. The van der Waals surface area contributed by atoms with E-state index >= 15 is 0 Å². The van der Waals surface area contributed by atoms with Gasteiger partial charge in [-0.05, 0) is 72.8 Å². The molecule has 0 saturated heterocycles. The number of nitrogen functional groups attached to an aromatic ring is 1. The van der Waals surface area contributed by atoms with Crippen LogP contribution in [0.5, 0.6) is 17.2 Å². The normalized spacial score (nSPS) is 9.43. The number of rotatable bonds is 32. The Morgan fingerprint density at radius 1 is 0.553 bits per heavy atom. The van der Waals surface area contributed by atoms with E-state index in [-0.39, 0.29) is 71.8 Å². The van der Waals surface area contributed by atoms with Crippen LogP contribution in [0.2, 0.25) is 0 Å². The Morgan fingerprint density at radius 3 is 1.18 bits per heavy atom. The first-order valence-corrected chi connectivity index (χ1v) is 25.0. The van der Waals surface area contributed by atoms with E-state index in [0.29, 0.717) is 139 Å². The van der Waals surface area contributed by atoms with Gasteiger partial charge in [0.2, 0.25) is 5.91 Å². The van der Waals surface area contributed by atoms with Crippen LogP contribution in [-0.2, 0) is 57.1 Å². The first kappa shape index (κ1) is 77.2. The molecule has 0 aliphatic rings. The lowest BCUT2D eigenvalue weighted by Gasteiger charge is -2.08. The van der Waals surface area contributed by atoms with Crippen LogP contribution in [0.4, 0.5) is 0 Å². The lowest BCUT2D eigenvalue weighted by Crippen LogP contribution is -2.31. The molecule has 10 N–H and O–H groups in total. The van der Waals surface area contributed by atoms with Crippen molar-refractivity contribution in [3.63, 3.8) is 0 Å². The third-order valence-electron chi connectivity index (χ3n) is 7.82. The second kappa shape index (κ2) is 59.0. The van der Waals surface area contributed by atoms with Crippen molar-refractivity contribution >= 4 is 85.4 Å². The summed E-state index contributed by atoms with van der Waals surface area (Å²) >= 11 is 5.75. The number of methoxy groups -OCH3 is 4. The van der Waals surface area contributed by atoms with Gasteiger partial charge in [0, 0.05) is 60.2 Å². The zero-order valence-corrected chi connectivity index (χ0v) is 48.9. The van der Waals surface area contributed by atoms with E-state index in [2.05, 4.69) is 47.8 Å². The molecule has 0 spiro atoms. The van der Waals surface area contributed by atoms with Crippen molar-refractivity contribution in [2.24, 2.45) is 11.5 Å². The van der Waals surface area contributed by atoms with Gasteiger partial charge in [0.25, 0.3) is 11.8 Å². The van der Waals surface area contributed by atoms with Crippen molar-refractivity contribution in [2.45, 2.75) is 0 Å². The molecule has 0 fully saturated rings. The second-order valence-corrected chi connectivity index (χ2v) is 14.9. The van der Waals surface area contributed by atoms with Crippen molar-refractivity contribution in [1.82, 2.24) is 16.0 Å². The Bertz CT molecular complexity index is 1970. The molecule has 0 aliphatic heterocycles. The minimum Gasteiger partial charge on any atom is -0.508 e.